The van der Waals surface area contributed by atoms with Crippen LogP contribution in [-0.4, -0.2) is 4.57 Å². The third kappa shape index (κ3) is 1.49. The van der Waals surface area contributed by atoms with Crippen molar-refractivity contribution in [1.82, 2.24) is 4.57 Å². The molecule has 3 heterocycles. The van der Waals surface area contributed by atoms with Crippen LogP contribution in [0.1, 0.15) is 11.1 Å². The maximum absolute atomic E-state index is 6.42. The standard InChI is InChI=1S/C21H19N2O/c1-12-15-9-11-22(3)19(15)13(2)21-17(12)20-18-14(8-10-23(20)4)6-5-7-16(18)24-21/h5-11H,1-4H3/q+1. The van der Waals surface area contributed by atoms with E-state index < -0.39 is 0 Å². The molecule has 118 valence electrons. The first-order valence-corrected chi connectivity index (χ1v) is 8.25. The molecule has 5 aromatic rings. The molecular weight excluding hydrogens is 296 g/mol. The molecule has 5 rings (SSSR count). The molecule has 0 N–H and O–H groups in total. The van der Waals surface area contributed by atoms with Crippen LogP contribution in [0.2, 0.25) is 0 Å². The topological polar surface area (TPSA) is 21.9 Å². The van der Waals surface area contributed by atoms with Crippen LogP contribution in [0.25, 0.3) is 43.7 Å². The molecule has 0 atom stereocenters. The van der Waals surface area contributed by atoms with E-state index in [1.807, 2.05) is 0 Å². The molecule has 0 fully saturated rings. The van der Waals surface area contributed by atoms with E-state index in [9.17, 15) is 0 Å². The van der Waals surface area contributed by atoms with Crippen LogP contribution >= 0.6 is 0 Å². The summed E-state index contributed by atoms with van der Waals surface area (Å²) in [6.45, 7) is 4.37. The number of aromatic nitrogens is 2. The maximum Gasteiger partial charge on any atom is 0.219 e. The monoisotopic (exact) mass is 315 g/mol. The average molecular weight is 315 g/mol. The Morgan fingerprint density at radius 3 is 2.67 bits per heavy atom. The largest absolute Gasteiger partial charge is 0.455 e. The minimum Gasteiger partial charge on any atom is -0.455 e. The quantitative estimate of drug-likeness (QED) is 0.231. The lowest BCUT2D eigenvalue weighted by Crippen LogP contribution is -2.25. The van der Waals surface area contributed by atoms with Crippen molar-refractivity contribution in [3.63, 3.8) is 0 Å². The van der Waals surface area contributed by atoms with Crippen molar-refractivity contribution >= 4 is 43.7 Å². The molecule has 0 aliphatic rings. The highest BCUT2D eigenvalue weighted by Gasteiger charge is 2.22. The fraction of sp³-hybridized carbons (Fsp3) is 0.190. The van der Waals surface area contributed by atoms with Gasteiger partial charge >= 0.3 is 0 Å². The predicted molar refractivity (Wildman–Crippen MR) is 98.4 cm³/mol. The number of pyridine rings is 1. The first-order valence-electron chi connectivity index (χ1n) is 8.25. The Morgan fingerprint density at radius 1 is 1.00 bits per heavy atom. The van der Waals surface area contributed by atoms with E-state index in [0.29, 0.717) is 0 Å². The number of benzene rings is 2. The Balaban J connectivity index is 2.23. The van der Waals surface area contributed by atoms with Gasteiger partial charge in [-0.1, -0.05) is 12.1 Å². The van der Waals surface area contributed by atoms with Crippen molar-refractivity contribution in [2.24, 2.45) is 14.1 Å². The molecule has 0 saturated heterocycles. The summed E-state index contributed by atoms with van der Waals surface area (Å²) >= 11 is 0. The summed E-state index contributed by atoms with van der Waals surface area (Å²) in [6.07, 6.45) is 4.27. The summed E-state index contributed by atoms with van der Waals surface area (Å²) in [6, 6.07) is 10.6. The summed E-state index contributed by atoms with van der Waals surface area (Å²) in [4.78, 5) is 0. The number of nitrogens with zero attached hydrogens (tertiary/aromatic N) is 2. The van der Waals surface area contributed by atoms with Gasteiger partial charge in [-0.3, -0.25) is 0 Å². The summed E-state index contributed by atoms with van der Waals surface area (Å²) in [5.41, 5.74) is 6.91. The molecule has 0 spiro atoms. The van der Waals surface area contributed by atoms with E-state index in [-0.39, 0.29) is 0 Å². The minimum atomic E-state index is 0.947. The van der Waals surface area contributed by atoms with Gasteiger partial charge in [0.05, 0.1) is 16.5 Å². The number of hydrogen-bond donors (Lipinski definition) is 0. The van der Waals surface area contributed by atoms with Gasteiger partial charge < -0.3 is 8.98 Å². The number of rotatable bonds is 0. The van der Waals surface area contributed by atoms with Crippen molar-refractivity contribution in [2.75, 3.05) is 0 Å². The van der Waals surface area contributed by atoms with Gasteiger partial charge in [-0.2, -0.15) is 0 Å². The van der Waals surface area contributed by atoms with Crippen molar-refractivity contribution in [2.45, 2.75) is 13.8 Å². The SMILES string of the molecule is Cc1c2cc[n+](C)c2c(C)c2oc3cccc4ccn(C)c(c12)c43. The van der Waals surface area contributed by atoms with Crippen LogP contribution < -0.4 is 4.57 Å². The van der Waals surface area contributed by atoms with Crippen LogP contribution in [0.5, 0.6) is 0 Å². The van der Waals surface area contributed by atoms with Gasteiger partial charge in [0.25, 0.3) is 0 Å². The van der Waals surface area contributed by atoms with Crippen molar-refractivity contribution in [3.05, 3.63) is 53.9 Å². The van der Waals surface area contributed by atoms with Crippen LogP contribution in [0.4, 0.5) is 0 Å². The van der Waals surface area contributed by atoms with E-state index >= 15 is 0 Å². The van der Waals surface area contributed by atoms with Crippen LogP contribution in [0.15, 0.2) is 47.1 Å². The molecule has 0 saturated carbocycles. The summed E-state index contributed by atoms with van der Waals surface area (Å²) in [5.74, 6) is 0. The zero-order valence-electron chi connectivity index (χ0n) is 14.3. The lowest BCUT2D eigenvalue weighted by atomic mass is 9.98. The Labute approximate surface area is 139 Å². The molecule has 0 bridgehead atoms. The van der Waals surface area contributed by atoms with Gasteiger partial charge in [-0.15, -0.1) is 0 Å². The van der Waals surface area contributed by atoms with E-state index in [4.69, 9.17) is 4.42 Å². The normalized spacial score (nSPS) is 12.2. The predicted octanol–water partition coefficient (Wildman–Crippen LogP) is 4.67. The molecular formula is C21H19N2O+. The van der Waals surface area contributed by atoms with Crippen molar-refractivity contribution < 1.29 is 8.98 Å². The molecule has 3 nitrogen and oxygen atoms in total. The summed E-state index contributed by atoms with van der Waals surface area (Å²) in [5, 5.41) is 4.94. The van der Waals surface area contributed by atoms with Crippen LogP contribution in [0, 0.1) is 13.8 Å². The third-order valence-electron chi connectivity index (χ3n) is 5.35. The molecule has 0 unspecified atom stereocenters. The number of aryl methyl sites for hydroxylation is 4. The van der Waals surface area contributed by atoms with Crippen LogP contribution in [0.3, 0.4) is 0 Å². The Hall–Kier alpha value is -2.81. The first-order chi connectivity index (χ1) is 11.6. The molecule has 0 aliphatic heterocycles. The second-order valence-corrected chi connectivity index (χ2v) is 6.74. The molecule has 24 heavy (non-hydrogen) atoms. The lowest BCUT2D eigenvalue weighted by molar-refractivity contribution is -0.642. The zero-order chi connectivity index (χ0) is 16.6. The van der Waals surface area contributed by atoms with E-state index in [1.54, 1.807) is 0 Å². The van der Waals surface area contributed by atoms with Gasteiger partial charge in [0, 0.05) is 30.1 Å². The average Bonchev–Trinajstić information content (AvgIpc) is 2.97. The molecule has 0 amide bonds. The molecule has 2 aromatic carbocycles. The third-order valence-corrected chi connectivity index (χ3v) is 5.35. The highest BCUT2D eigenvalue weighted by atomic mass is 16.3. The fourth-order valence-electron chi connectivity index (χ4n) is 4.19. The lowest BCUT2D eigenvalue weighted by Gasteiger charge is -2.15. The van der Waals surface area contributed by atoms with Gasteiger partial charge in [0.1, 0.15) is 18.2 Å². The van der Waals surface area contributed by atoms with E-state index in [0.717, 1.165) is 11.2 Å². The van der Waals surface area contributed by atoms with Gasteiger partial charge in [0.2, 0.25) is 5.52 Å². The first kappa shape index (κ1) is 13.6. The second-order valence-electron chi connectivity index (χ2n) is 6.74. The number of hydrogen-bond acceptors (Lipinski definition) is 1. The smallest absolute Gasteiger partial charge is 0.219 e. The number of fused-ring (bicyclic) bond motifs is 3. The fourth-order valence-corrected chi connectivity index (χ4v) is 4.19. The van der Waals surface area contributed by atoms with Gasteiger partial charge in [0.15, 0.2) is 6.20 Å². The van der Waals surface area contributed by atoms with E-state index in [2.05, 4.69) is 79.8 Å². The molecule has 3 aromatic heterocycles. The maximum atomic E-state index is 6.42. The van der Waals surface area contributed by atoms with Gasteiger partial charge in [-0.05, 0) is 36.9 Å². The summed E-state index contributed by atoms with van der Waals surface area (Å²) < 4.78 is 10.8. The second kappa shape index (κ2) is 4.38. The highest BCUT2D eigenvalue weighted by Crippen LogP contribution is 2.39. The Morgan fingerprint density at radius 2 is 1.83 bits per heavy atom. The Kier molecular flexibility index (Phi) is 2.49. The Bertz CT molecular complexity index is 1290. The summed E-state index contributed by atoms with van der Waals surface area (Å²) in [7, 11) is 4.21. The van der Waals surface area contributed by atoms with Crippen LogP contribution in [-0.2, 0) is 14.1 Å². The van der Waals surface area contributed by atoms with E-state index in [1.165, 1.54) is 43.7 Å². The molecule has 0 aliphatic carbocycles. The zero-order valence-corrected chi connectivity index (χ0v) is 14.3. The van der Waals surface area contributed by atoms with Gasteiger partial charge in [-0.25, -0.2) is 4.57 Å². The molecule has 0 radical (unpaired) electrons. The van der Waals surface area contributed by atoms with Crippen molar-refractivity contribution in [3.8, 4) is 0 Å². The molecule has 3 heteroatoms. The van der Waals surface area contributed by atoms with Crippen molar-refractivity contribution in [1.29, 1.82) is 0 Å². The highest BCUT2D eigenvalue weighted by molar-refractivity contribution is 6.19. The minimum absolute atomic E-state index is 0.947.